The van der Waals surface area contributed by atoms with Gasteiger partial charge in [0.15, 0.2) is 0 Å². The number of hydrogen-bond donors (Lipinski definition) is 2. The van der Waals surface area contributed by atoms with Gasteiger partial charge in [-0.15, -0.1) is 0 Å². The Morgan fingerprint density at radius 3 is 3.00 bits per heavy atom. The zero-order valence-corrected chi connectivity index (χ0v) is 8.99. The first-order chi connectivity index (χ1) is 6.79. The fraction of sp³-hybridized carbons (Fsp3) is 0.400. The van der Waals surface area contributed by atoms with Gasteiger partial charge in [0.1, 0.15) is 11.0 Å². The van der Waals surface area contributed by atoms with E-state index in [1.165, 1.54) is 11.1 Å². The van der Waals surface area contributed by atoms with E-state index in [4.69, 9.17) is 0 Å². The number of benzene rings is 1. The first-order valence-corrected chi connectivity index (χ1v) is 6.09. The van der Waals surface area contributed by atoms with Crippen molar-refractivity contribution in [3.8, 4) is 0 Å². The third kappa shape index (κ3) is 1.96. The van der Waals surface area contributed by atoms with Crippen LogP contribution < -0.4 is 10.0 Å². The Balaban J connectivity index is 2.16. The maximum Gasteiger partial charge on any atom is 0.116 e. The predicted octanol–water partition coefficient (Wildman–Crippen LogP) is 1.39. The van der Waals surface area contributed by atoms with Crippen molar-refractivity contribution in [2.45, 2.75) is 20.0 Å². The first kappa shape index (κ1) is 9.68. The second-order valence-electron chi connectivity index (χ2n) is 3.32. The maximum absolute atomic E-state index is 11.3. The van der Waals surface area contributed by atoms with Gasteiger partial charge >= 0.3 is 0 Å². The highest BCUT2D eigenvalue weighted by molar-refractivity contribution is 7.86. The van der Waals surface area contributed by atoms with Crippen LogP contribution in [0.5, 0.6) is 0 Å². The summed E-state index contributed by atoms with van der Waals surface area (Å²) in [7, 11) is -0.945. The molecule has 0 aliphatic carbocycles. The summed E-state index contributed by atoms with van der Waals surface area (Å²) in [5, 5.41) is 3.28. The van der Waals surface area contributed by atoms with E-state index >= 15 is 0 Å². The molecule has 1 aliphatic heterocycles. The molecule has 0 amide bonds. The number of fused-ring (bicyclic) bond motifs is 1. The molecule has 1 aromatic rings. The van der Waals surface area contributed by atoms with Crippen molar-refractivity contribution in [1.29, 1.82) is 0 Å². The fourth-order valence-corrected chi connectivity index (χ4v) is 2.10. The maximum atomic E-state index is 11.3. The van der Waals surface area contributed by atoms with Crippen molar-refractivity contribution in [3.05, 3.63) is 29.3 Å². The van der Waals surface area contributed by atoms with Crippen LogP contribution in [0, 0.1) is 0 Å². The summed E-state index contributed by atoms with van der Waals surface area (Å²) >= 11 is 0. The van der Waals surface area contributed by atoms with E-state index in [1.807, 2.05) is 13.0 Å². The lowest BCUT2D eigenvalue weighted by Crippen LogP contribution is -2.06. The second kappa shape index (κ2) is 4.11. The molecule has 3 nitrogen and oxygen atoms in total. The topological polar surface area (TPSA) is 41.1 Å². The van der Waals surface area contributed by atoms with Crippen LogP contribution in [0.4, 0.5) is 5.69 Å². The van der Waals surface area contributed by atoms with Crippen LogP contribution in [0.3, 0.4) is 0 Å². The molecule has 1 unspecified atom stereocenters. The van der Waals surface area contributed by atoms with Crippen LogP contribution in [0.2, 0.25) is 0 Å². The zero-order valence-electron chi connectivity index (χ0n) is 8.17. The highest BCUT2D eigenvalue weighted by atomic mass is 32.2. The lowest BCUT2D eigenvalue weighted by Gasteiger charge is -2.05. The molecule has 2 N–H and O–H groups in total. The van der Waals surface area contributed by atoms with Gasteiger partial charge in [0, 0.05) is 24.5 Å². The van der Waals surface area contributed by atoms with E-state index in [1.54, 1.807) is 0 Å². The van der Waals surface area contributed by atoms with Crippen LogP contribution in [-0.4, -0.2) is 9.96 Å². The van der Waals surface area contributed by atoms with E-state index in [0.29, 0.717) is 5.75 Å². The number of nitrogens with one attached hydrogen (secondary N) is 2. The minimum absolute atomic E-state index is 0.634. The molecule has 0 bridgehead atoms. The highest BCUT2D eigenvalue weighted by Crippen LogP contribution is 2.20. The molecule has 1 atom stereocenters. The minimum atomic E-state index is -0.945. The van der Waals surface area contributed by atoms with Gasteiger partial charge in [-0.05, 0) is 23.3 Å². The lowest BCUT2D eigenvalue weighted by molar-refractivity contribution is 0.687. The molecule has 1 aromatic carbocycles. The monoisotopic (exact) mass is 210 g/mol. The van der Waals surface area contributed by atoms with Crippen molar-refractivity contribution in [1.82, 2.24) is 5.32 Å². The molecule has 14 heavy (non-hydrogen) atoms. The molecule has 0 radical (unpaired) electrons. The van der Waals surface area contributed by atoms with Crippen molar-refractivity contribution in [2.24, 2.45) is 0 Å². The quantitative estimate of drug-likeness (QED) is 0.791. The van der Waals surface area contributed by atoms with Gasteiger partial charge in [0.25, 0.3) is 0 Å². The average molecular weight is 210 g/mol. The van der Waals surface area contributed by atoms with Gasteiger partial charge in [-0.25, -0.2) is 4.21 Å². The van der Waals surface area contributed by atoms with Gasteiger partial charge in [-0.1, -0.05) is 13.0 Å². The second-order valence-corrected chi connectivity index (χ2v) is 4.80. The molecular weight excluding hydrogens is 196 g/mol. The molecular formula is C10H14N2OS. The Morgan fingerprint density at radius 2 is 2.21 bits per heavy atom. The molecule has 0 saturated heterocycles. The average Bonchev–Trinajstić information content (AvgIpc) is 2.64. The molecule has 0 spiro atoms. The van der Waals surface area contributed by atoms with Crippen LogP contribution in [-0.2, 0) is 24.1 Å². The number of hydrogen-bond acceptors (Lipinski definition) is 2. The van der Waals surface area contributed by atoms with Gasteiger partial charge < -0.3 is 10.0 Å². The Bertz CT molecular complexity index is 365. The van der Waals surface area contributed by atoms with Crippen LogP contribution in [0.15, 0.2) is 18.2 Å². The van der Waals surface area contributed by atoms with E-state index in [2.05, 4.69) is 22.2 Å². The predicted molar refractivity (Wildman–Crippen MR) is 59.3 cm³/mol. The minimum Gasteiger partial charge on any atom is -0.309 e. The Morgan fingerprint density at radius 1 is 1.43 bits per heavy atom. The summed E-state index contributed by atoms with van der Waals surface area (Å²) in [6.07, 6.45) is 0. The summed E-state index contributed by atoms with van der Waals surface area (Å²) in [6, 6.07) is 6.15. The molecule has 0 saturated carbocycles. The smallest absolute Gasteiger partial charge is 0.116 e. The summed E-state index contributed by atoms with van der Waals surface area (Å²) in [4.78, 5) is 0. The molecule has 1 heterocycles. The van der Waals surface area contributed by atoms with Gasteiger partial charge in [-0.2, -0.15) is 0 Å². The summed E-state index contributed by atoms with van der Waals surface area (Å²) in [6.45, 7) is 3.77. The van der Waals surface area contributed by atoms with E-state index in [0.717, 1.165) is 18.8 Å². The van der Waals surface area contributed by atoms with Crippen LogP contribution in [0.1, 0.15) is 18.1 Å². The number of rotatable bonds is 3. The fourth-order valence-electron chi connectivity index (χ4n) is 1.56. The summed E-state index contributed by atoms with van der Waals surface area (Å²) < 4.78 is 14.2. The molecule has 4 heteroatoms. The van der Waals surface area contributed by atoms with Crippen molar-refractivity contribution in [2.75, 3.05) is 10.5 Å². The Labute approximate surface area is 86.5 Å². The first-order valence-electron chi connectivity index (χ1n) is 4.77. The van der Waals surface area contributed by atoms with Crippen molar-refractivity contribution in [3.63, 3.8) is 0 Å². The zero-order chi connectivity index (χ0) is 9.97. The number of anilines is 1. The molecule has 0 aromatic heterocycles. The van der Waals surface area contributed by atoms with E-state index in [9.17, 15) is 4.21 Å². The normalized spacial score (nSPS) is 16.4. The standard InChI is InChI=1S/C10H14N2OS/c1-2-14(13)12-10-4-3-8-6-11-7-9(8)5-10/h3-5,11-12H,2,6-7H2,1H3. The van der Waals surface area contributed by atoms with Gasteiger partial charge in [0.05, 0.1) is 0 Å². The lowest BCUT2D eigenvalue weighted by atomic mass is 10.1. The third-order valence-corrected chi connectivity index (χ3v) is 3.32. The van der Waals surface area contributed by atoms with Crippen LogP contribution >= 0.6 is 0 Å². The summed E-state index contributed by atoms with van der Waals surface area (Å²) in [5.74, 6) is 0.634. The summed E-state index contributed by atoms with van der Waals surface area (Å²) in [5.41, 5.74) is 3.61. The van der Waals surface area contributed by atoms with Crippen molar-refractivity contribution < 1.29 is 4.21 Å². The third-order valence-electron chi connectivity index (χ3n) is 2.33. The SMILES string of the molecule is CCS(=O)Nc1ccc2c(c1)CNC2. The van der Waals surface area contributed by atoms with Gasteiger partial charge in [0.2, 0.25) is 0 Å². The largest absolute Gasteiger partial charge is 0.309 e. The Hall–Kier alpha value is -0.870. The molecule has 76 valence electrons. The van der Waals surface area contributed by atoms with E-state index < -0.39 is 11.0 Å². The highest BCUT2D eigenvalue weighted by Gasteiger charge is 2.10. The van der Waals surface area contributed by atoms with Crippen LogP contribution in [0.25, 0.3) is 0 Å². The Kier molecular flexibility index (Phi) is 2.84. The van der Waals surface area contributed by atoms with Crippen molar-refractivity contribution >= 4 is 16.7 Å². The molecule has 2 rings (SSSR count). The van der Waals surface area contributed by atoms with E-state index in [-0.39, 0.29) is 0 Å². The van der Waals surface area contributed by atoms with Gasteiger partial charge in [-0.3, -0.25) is 0 Å². The molecule has 0 fully saturated rings. The molecule has 1 aliphatic rings.